The number of nitrogens with one attached hydrogen (secondary N) is 1. The first kappa shape index (κ1) is 21.2. The van der Waals surface area contributed by atoms with E-state index >= 15 is 0 Å². The van der Waals surface area contributed by atoms with Crippen LogP contribution in [0.1, 0.15) is 48.4 Å². The molecule has 0 bridgehead atoms. The van der Waals surface area contributed by atoms with E-state index in [1.807, 2.05) is 12.1 Å². The highest BCUT2D eigenvalue weighted by Gasteiger charge is 2.54. The number of hydrogen-bond donors (Lipinski definition) is 2. The molecule has 0 aromatic carbocycles. The first-order valence-corrected chi connectivity index (χ1v) is 11.7. The lowest BCUT2D eigenvalue weighted by Gasteiger charge is -2.61. The van der Waals surface area contributed by atoms with Gasteiger partial charge in [-0.15, -0.1) is 0 Å². The van der Waals surface area contributed by atoms with Gasteiger partial charge in [-0.3, -0.25) is 4.79 Å². The second-order valence-corrected chi connectivity index (χ2v) is 9.81. The predicted octanol–water partition coefficient (Wildman–Crippen LogP) is 3.36. The highest BCUT2D eigenvalue weighted by Crippen LogP contribution is 2.56. The summed E-state index contributed by atoms with van der Waals surface area (Å²) >= 11 is 0. The van der Waals surface area contributed by atoms with E-state index in [0.29, 0.717) is 17.2 Å². The van der Waals surface area contributed by atoms with Crippen LogP contribution < -0.4 is 10.1 Å². The molecule has 2 fully saturated rings. The number of carboxylic acids is 1. The Morgan fingerprint density at radius 1 is 1.31 bits per heavy atom. The van der Waals surface area contributed by atoms with Crippen molar-refractivity contribution < 1.29 is 14.6 Å². The second-order valence-electron chi connectivity index (χ2n) is 9.81. The molecular weight excluding hydrogens is 404 g/mol. The zero-order chi connectivity index (χ0) is 22.1. The second kappa shape index (κ2) is 8.70. The van der Waals surface area contributed by atoms with E-state index in [1.165, 1.54) is 17.7 Å². The van der Waals surface area contributed by atoms with Crippen molar-refractivity contribution in [3.63, 3.8) is 0 Å². The van der Waals surface area contributed by atoms with E-state index in [2.05, 4.69) is 27.3 Å². The van der Waals surface area contributed by atoms with Gasteiger partial charge in [-0.25, -0.2) is 9.97 Å². The highest BCUT2D eigenvalue weighted by molar-refractivity contribution is 5.68. The van der Waals surface area contributed by atoms with Crippen LogP contribution in [0, 0.1) is 11.3 Å². The van der Waals surface area contributed by atoms with Gasteiger partial charge in [0.25, 0.3) is 0 Å². The Bertz CT molecular complexity index is 964. The number of hydrogen-bond acceptors (Lipinski definition) is 6. The minimum absolute atomic E-state index is 0.0257. The van der Waals surface area contributed by atoms with Crippen molar-refractivity contribution in [2.24, 2.45) is 11.3 Å². The summed E-state index contributed by atoms with van der Waals surface area (Å²) in [5.41, 5.74) is 3.90. The van der Waals surface area contributed by atoms with Crippen LogP contribution in [0.4, 0.5) is 5.82 Å². The van der Waals surface area contributed by atoms with Gasteiger partial charge in [-0.05, 0) is 60.1 Å². The number of likely N-dealkylation sites (tertiary alicyclic amines) is 1. The number of pyridine rings is 2. The Balaban J connectivity index is 1.13. The highest BCUT2D eigenvalue weighted by atomic mass is 16.5. The lowest BCUT2D eigenvalue weighted by atomic mass is 9.53. The summed E-state index contributed by atoms with van der Waals surface area (Å²) in [5, 5.41) is 12.9. The van der Waals surface area contributed by atoms with Crippen LogP contribution in [0.5, 0.6) is 5.88 Å². The summed E-state index contributed by atoms with van der Waals surface area (Å²) in [6, 6.07) is 8.21. The number of aromatic nitrogens is 2. The number of ether oxygens (including phenoxy) is 1. The van der Waals surface area contributed by atoms with Gasteiger partial charge >= 0.3 is 5.97 Å². The van der Waals surface area contributed by atoms with E-state index in [0.717, 1.165) is 63.2 Å². The molecule has 2 aliphatic heterocycles. The zero-order valence-electron chi connectivity index (χ0n) is 18.7. The Kier molecular flexibility index (Phi) is 5.76. The molecule has 1 spiro atoms. The van der Waals surface area contributed by atoms with Gasteiger partial charge in [0.15, 0.2) is 0 Å². The van der Waals surface area contributed by atoms with E-state index in [9.17, 15) is 9.90 Å². The molecule has 5 rings (SSSR count). The Morgan fingerprint density at radius 2 is 2.16 bits per heavy atom. The molecule has 1 saturated carbocycles. The zero-order valence-corrected chi connectivity index (χ0v) is 18.7. The molecular formula is C25H32N4O3. The van der Waals surface area contributed by atoms with Crippen molar-refractivity contribution in [2.75, 3.05) is 38.6 Å². The summed E-state index contributed by atoms with van der Waals surface area (Å²) in [7, 11) is 1.59. The normalized spacial score (nSPS) is 20.5. The van der Waals surface area contributed by atoms with Gasteiger partial charge in [-0.1, -0.05) is 12.1 Å². The smallest absolute Gasteiger partial charge is 0.303 e. The van der Waals surface area contributed by atoms with Gasteiger partial charge in [0.1, 0.15) is 5.82 Å². The quantitative estimate of drug-likeness (QED) is 0.656. The van der Waals surface area contributed by atoms with E-state index in [-0.39, 0.29) is 12.3 Å². The summed E-state index contributed by atoms with van der Waals surface area (Å²) in [4.78, 5) is 23.1. The van der Waals surface area contributed by atoms with Crippen molar-refractivity contribution >= 4 is 11.8 Å². The van der Waals surface area contributed by atoms with Gasteiger partial charge in [0.2, 0.25) is 5.88 Å². The molecule has 1 saturated heterocycles. The van der Waals surface area contributed by atoms with Crippen LogP contribution in [-0.2, 0) is 17.6 Å². The van der Waals surface area contributed by atoms with Gasteiger partial charge in [0, 0.05) is 50.6 Å². The number of aliphatic carboxylic acids is 1. The molecule has 3 aliphatic rings. The van der Waals surface area contributed by atoms with Crippen LogP contribution in [-0.4, -0.2) is 59.2 Å². The largest absolute Gasteiger partial charge is 0.481 e. The number of methoxy groups -OCH3 is 1. The summed E-state index contributed by atoms with van der Waals surface area (Å²) in [6.45, 7) is 4.30. The average Bonchev–Trinajstić information content (AvgIpc) is 2.75. The van der Waals surface area contributed by atoms with Crippen LogP contribution in [0.3, 0.4) is 0 Å². The maximum Gasteiger partial charge on any atom is 0.303 e. The molecule has 0 amide bonds. The number of aryl methyl sites for hydroxylation is 1. The van der Waals surface area contributed by atoms with Crippen molar-refractivity contribution in [3.05, 3.63) is 47.3 Å². The van der Waals surface area contributed by atoms with Crippen molar-refractivity contribution in [1.82, 2.24) is 14.9 Å². The fraction of sp³-hybridized carbons (Fsp3) is 0.560. The van der Waals surface area contributed by atoms with Crippen LogP contribution in [0.25, 0.3) is 0 Å². The van der Waals surface area contributed by atoms with Crippen molar-refractivity contribution in [2.45, 2.75) is 44.4 Å². The molecule has 2 aromatic rings. The molecule has 1 aliphatic carbocycles. The van der Waals surface area contributed by atoms with E-state index in [1.54, 1.807) is 13.3 Å². The third-order valence-corrected chi connectivity index (χ3v) is 7.50. The van der Waals surface area contributed by atoms with E-state index < -0.39 is 5.97 Å². The number of nitrogens with zero attached hydrogens (tertiary/aromatic N) is 3. The molecule has 4 heterocycles. The molecule has 32 heavy (non-hydrogen) atoms. The lowest BCUT2D eigenvalue weighted by Crippen LogP contribution is -2.63. The standard InChI is InChI=1S/C25H32N4O3/c1-32-22-7-5-18(14-27-22)21(11-23(30)31)19-12-25(13-19)15-29(16-25)10-8-20-6-4-17-3-2-9-26-24(17)28-20/h4-7,14,19,21H,2-3,8-13,15-16H2,1H3,(H,26,28)(H,30,31). The van der Waals surface area contributed by atoms with Crippen LogP contribution in [0.2, 0.25) is 0 Å². The lowest BCUT2D eigenvalue weighted by molar-refractivity contribution is -0.140. The van der Waals surface area contributed by atoms with Crippen molar-refractivity contribution in [3.8, 4) is 5.88 Å². The van der Waals surface area contributed by atoms with Gasteiger partial charge in [0.05, 0.1) is 13.5 Å². The molecule has 0 radical (unpaired) electrons. The van der Waals surface area contributed by atoms with E-state index in [4.69, 9.17) is 9.72 Å². The number of fused-ring (bicyclic) bond motifs is 1. The first-order chi connectivity index (χ1) is 15.5. The maximum absolute atomic E-state index is 11.5. The molecule has 170 valence electrons. The Labute approximate surface area is 189 Å². The third kappa shape index (κ3) is 4.31. The first-order valence-electron chi connectivity index (χ1n) is 11.7. The van der Waals surface area contributed by atoms with Crippen LogP contribution in [0.15, 0.2) is 30.5 Å². The monoisotopic (exact) mass is 436 g/mol. The molecule has 2 aromatic heterocycles. The third-order valence-electron chi connectivity index (χ3n) is 7.50. The molecule has 2 N–H and O–H groups in total. The topological polar surface area (TPSA) is 87.6 Å². The minimum atomic E-state index is -0.742. The fourth-order valence-electron chi connectivity index (χ4n) is 5.91. The maximum atomic E-state index is 11.5. The molecule has 1 unspecified atom stereocenters. The summed E-state index contributed by atoms with van der Waals surface area (Å²) in [5.74, 6) is 1.34. The predicted molar refractivity (Wildman–Crippen MR) is 122 cm³/mol. The van der Waals surface area contributed by atoms with Gasteiger partial charge in [-0.2, -0.15) is 0 Å². The Morgan fingerprint density at radius 3 is 2.88 bits per heavy atom. The average molecular weight is 437 g/mol. The summed E-state index contributed by atoms with van der Waals surface area (Å²) < 4.78 is 5.14. The van der Waals surface area contributed by atoms with Gasteiger partial charge < -0.3 is 20.1 Å². The molecule has 7 heteroatoms. The number of rotatable bonds is 8. The van der Waals surface area contributed by atoms with Crippen LogP contribution >= 0.6 is 0 Å². The number of carboxylic acid groups (broad SMARTS) is 1. The minimum Gasteiger partial charge on any atom is -0.481 e. The fourth-order valence-corrected chi connectivity index (χ4v) is 5.91. The van der Waals surface area contributed by atoms with Crippen molar-refractivity contribution in [1.29, 1.82) is 0 Å². The number of carbonyl (C=O) groups is 1. The Hall–Kier alpha value is -2.67. The number of anilines is 1. The molecule has 1 atom stereocenters. The molecule has 7 nitrogen and oxygen atoms in total. The SMILES string of the molecule is COc1ccc(C(CC(=O)O)C2CC3(C2)CN(CCc2ccc4c(n2)NCCC4)C3)cn1. The summed E-state index contributed by atoms with van der Waals surface area (Å²) in [6.07, 6.45) is 7.45.